The maximum absolute atomic E-state index is 9.04. The van der Waals surface area contributed by atoms with Crippen molar-refractivity contribution in [1.29, 1.82) is 0 Å². The van der Waals surface area contributed by atoms with E-state index in [1.54, 1.807) is 0 Å². The molecule has 1 atom stereocenters. The van der Waals surface area contributed by atoms with E-state index in [2.05, 4.69) is 49.0 Å². The average molecular weight is 242 g/mol. The van der Waals surface area contributed by atoms with Crippen LogP contribution in [-0.2, 0) is 0 Å². The van der Waals surface area contributed by atoms with Gasteiger partial charge in [-0.1, -0.05) is 49.1 Å². The third-order valence-electron chi connectivity index (χ3n) is 2.26. The van der Waals surface area contributed by atoms with Crippen molar-refractivity contribution < 1.29 is 5.11 Å². The molecule has 18 heavy (non-hydrogen) atoms. The van der Waals surface area contributed by atoms with Crippen molar-refractivity contribution in [3.63, 3.8) is 0 Å². The summed E-state index contributed by atoms with van der Waals surface area (Å²) in [6, 6.07) is 0. The highest BCUT2D eigenvalue weighted by Gasteiger charge is 1.85. The number of hydrogen-bond donors (Lipinski definition) is 1. The molecule has 1 heteroatoms. The molecule has 1 nitrogen and oxygen atoms in total. The third-order valence-corrected chi connectivity index (χ3v) is 2.26. The Morgan fingerprint density at radius 1 is 1.00 bits per heavy atom. The molecule has 0 saturated carbocycles. The van der Waals surface area contributed by atoms with Crippen LogP contribution in [0.2, 0.25) is 0 Å². The molecule has 0 radical (unpaired) electrons. The summed E-state index contributed by atoms with van der Waals surface area (Å²) in [5.74, 6) is 10.7. The molecule has 0 aromatic rings. The highest BCUT2D eigenvalue weighted by atomic mass is 16.3. The standard InChI is InChI=1S/C17H22O/c1-3-5-6-7-8-9-10-11-12-13-14-15-16-17(18)4-2/h3-4,10-11,17-18H,1-2,5-9,12H2/t17-/m0/s1. The molecule has 1 N–H and O–H groups in total. The molecule has 0 aromatic carbocycles. The number of aliphatic hydroxyl groups is 1. The molecule has 0 aliphatic rings. The summed E-state index contributed by atoms with van der Waals surface area (Å²) in [6.07, 6.45) is 13.5. The van der Waals surface area contributed by atoms with Crippen LogP contribution in [-0.4, -0.2) is 11.2 Å². The van der Waals surface area contributed by atoms with Crippen molar-refractivity contribution in [1.82, 2.24) is 0 Å². The minimum absolute atomic E-state index is 0.714. The maximum Gasteiger partial charge on any atom is 0.134 e. The second-order valence-electron chi connectivity index (χ2n) is 3.85. The van der Waals surface area contributed by atoms with Gasteiger partial charge in [-0.05, 0) is 37.5 Å². The van der Waals surface area contributed by atoms with Crippen LogP contribution in [0.5, 0.6) is 0 Å². The fourth-order valence-corrected chi connectivity index (χ4v) is 1.25. The van der Waals surface area contributed by atoms with Crippen LogP contribution in [0.25, 0.3) is 0 Å². The Morgan fingerprint density at radius 2 is 1.78 bits per heavy atom. The lowest BCUT2D eigenvalue weighted by Crippen LogP contribution is -1.94. The molecule has 0 bridgehead atoms. The molecule has 0 unspecified atom stereocenters. The lowest BCUT2D eigenvalue weighted by atomic mass is 10.1. The number of allylic oxidation sites excluding steroid dienone is 3. The molecule has 0 aromatic heterocycles. The highest BCUT2D eigenvalue weighted by molar-refractivity contribution is 5.29. The van der Waals surface area contributed by atoms with E-state index in [-0.39, 0.29) is 0 Å². The molecule has 96 valence electrons. The molecule has 0 spiro atoms. The number of hydrogen-bond acceptors (Lipinski definition) is 1. The molecule has 0 amide bonds. The van der Waals surface area contributed by atoms with Crippen LogP contribution in [0.4, 0.5) is 0 Å². The number of rotatable bonds is 8. The molecule has 0 rings (SSSR count). The van der Waals surface area contributed by atoms with Crippen molar-refractivity contribution in [3.8, 4) is 23.7 Å². The van der Waals surface area contributed by atoms with Gasteiger partial charge in [0.25, 0.3) is 0 Å². The zero-order valence-corrected chi connectivity index (χ0v) is 11.0. The van der Waals surface area contributed by atoms with Gasteiger partial charge in [0.1, 0.15) is 6.10 Å². The van der Waals surface area contributed by atoms with Gasteiger partial charge in [-0.15, -0.1) is 6.58 Å². The summed E-state index contributed by atoms with van der Waals surface area (Å²) in [7, 11) is 0. The van der Waals surface area contributed by atoms with Gasteiger partial charge in [0.05, 0.1) is 0 Å². The lowest BCUT2D eigenvalue weighted by molar-refractivity contribution is 0.281. The number of unbranched alkanes of at least 4 members (excludes halogenated alkanes) is 4. The first-order valence-corrected chi connectivity index (χ1v) is 6.36. The lowest BCUT2D eigenvalue weighted by Gasteiger charge is -1.93. The van der Waals surface area contributed by atoms with Gasteiger partial charge in [-0.2, -0.15) is 0 Å². The topological polar surface area (TPSA) is 20.2 Å². The second kappa shape index (κ2) is 13.4. The Bertz CT molecular complexity index is 368. The summed E-state index contributed by atoms with van der Waals surface area (Å²) in [5.41, 5.74) is 0. The van der Waals surface area contributed by atoms with Crippen LogP contribution in [0.1, 0.15) is 38.5 Å². The Morgan fingerprint density at radius 3 is 2.50 bits per heavy atom. The van der Waals surface area contributed by atoms with Crippen LogP contribution in [0, 0.1) is 23.7 Å². The fraction of sp³-hybridized carbons (Fsp3) is 0.412. The van der Waals surface area contributed by atoms with Crippen molar-refractivity contribution in [3.05, 3.63) is 37.5 Å². The van der Waals surface area contributed by atoms with Crippen LogP contribution in [0.3, 0.4) is 0 Å². The monoisotopic (exact) mass is 242 g/mol. The molecular formula is C17H22O. The smallest absolute Gasteiger partial charge is 0.134 e. The quantitative estimate of drug-likeness (QED) is 0.391. The first-order chi connectivity index (χ1) is 8.81. The van der Waals surface area contributed by atoms with E-state index in [9.17, 15) is 0 Å². The summed E-state index contributed by atoms with van der Waals surface area (Å²) >= 11 is 0. The first kappa shape index (κ1) is 16.3. The molecule has 0 aliphatic carbocycles. The fourth-order valence-electron chi connectivity index (χ4n) is 1.25. The maximum atomic E-state index is 9.04. The first-order valence-electron chi connectivity index (χ1n) is 6.36. The molecule has 0 heterocycles. The largest absolute Gasteiger partial charge is 0.377 e. The number of aliphatic hydroxyl groups excluding tert-OH is 1. The third kappa shape index (κ3) is 12.4. The average Bonchev–Trinajstić information content (AvgIpc) is 2.39. The van der Waals surface area contributed by atoms with Crippen molar-refractivity contribution >= 4 is 0 Å². The van der Waals surface area contributed by atoms with Crippen molar-refractivity contribution in [2.75, 3.05) is 0 Å². The predicted molar refractivity (Wildman–Crippen MR) is 78.8 cm³/mol. The summed E-state index contributed by atoms with van der Waals surface area (Å²) in [6.45, 7) is 7.12. The summed E-state index contributed by atoms with van der Waals surface area (Å²) in [4.78, 5) is 0. The SMILES string of the molecule is C=CCCCCCC=CCC#CC#C[C@@H](O)C=C. The van der Waals surface area contributed by atoms with Gasteiger partial charge in [0.2, 0.25) is 0 Å². The summed E-state index contributed by atoms with van der Waals surface area (Å²) in [5, 5.41) is 9.04. The zero-order valence-electron chi connectivity index (χ0n) is 11.0. The van der Waals surface area contributed by atoms with Crippen LogP contribution < -0.4 is 0 Å². The highest BCUT2D eigenvalue weighted by Crippen LogP contribution is 2.03. The van der Waals surface area contributed by atoms with Gasteiger partial charge >= 0.3 is 0 Å². The van der Waals surface area contributed by atoms with E-state index in [0.29, 0.717) is 6.42 Å². The Kier molecular flexibility index (Phi) is 12.1. The van der Waals surface area contributed by atoms with Crippen LogP contribution in [0.15, 0.2) is 37.5 Å². The minimum atomic E-state index is -0.773. The van der Waals surface area contributed by atoms with E-state index in [1.807, 2.05) is 6.08 Å². The van der Waals surface area contributed by atoms with E-state index < -0.39 is 6.10 Å². The predicted octanol–water partition coefficient (Wildman–Crippen LogP) is 3.62. The van der Waals surface area contributed by atoms with E-state index in [4.69, 9.17) is 5.11 Å². The Balaban J connectivity index is 3.52. The van der Waals surface area contributed by atoms with E-state index >= 15 is 0 Å². The summed E-state index contributed by atoms with van der Waals surface area (Å²) < 4.78 is 0. The molecule has 0 aliphatic heterocycles. The van der Waals surface area contributed by atoms with Crippen molar-refractivity contribution in [2.45, 2.75) is 44.6 Å². The second-order valence-corrected chi connectivity index (χ2v) is 3.85. The van der Waals surface area contributed by atoms with Gasteiger partial charge in [-0.25, -0.2) is 0 Å². The zero-order chi connectivity index (χ0) is 13.5. The van der Waals surface area contributed by atoms with E-state index in [1.165, 1.54) is 25.3 Å². The Hall–Kier alpha value is -1.70. The molecule has 0 fully saturated rings. The van der Waals surface area contributed by atoms with Gasteiger partial charge in [0, 0.05) is 6.42 Å². The molecular weight excluding hydrogens is 220 g/mol. The van der Waals surface area contributed by atoms with E-state index in [0.717, 1.165) is 12.8 Å². The van der Waals surface area contributed by atoms with Crippen LogP contribution >= 0.6 is 0 Å². The molecule has 0 saturated heterocycles. The Labute approximate surface area is 111 Å². The minimum Gasteiger partial charge on any atom is -0.377 e. The van der Waals surface area contributed by atoms with Gasteiger partial charge < -0.3 is 5.11 Å². The van der Waals surface area contributed by atoms with Gasteiger partial charge in [0.15, 0.2) is 0 Å². The van der Waals surface area contributed by atoms with Gasteiger partial charge in [-0.3, -0.25) is 0 Å². The normalized spacial score (nSPS) is 10.9. The van der Waals surface area contributed by atoms with Crippen molar-refractivity contribution in [2.24, 2.45) is 0 Å².